The van der Waals surface area contributed by atoms with Crippen LogP contribution in [-0.4, -0.2) is 81.8 Å². The quantitative estimate of drug-likeness (QED) is 0.438. The first-order valence-corrected chi connectivity index (χ1v) is 15.7. The number of nitrogens with zero attached hydrogens (tertiary/aromatic N) is 2. The van der Waals surface area contributed by atoms with Gasteiger partial charge in [-0.25, -0.2) is 8.42 Å². The van der Waals surface area contributed by atoms with E-state index in [2.05, 4.69) is 16.7 Å². The number of ether oxygens (including phenoxy) is 2. The Kier molecular flexibility index (Phi) is 9.97. The number of amides is 1. The number of para-hydroxylation sites is 1. The number of nitrogens with one attached hydrogen (secondary N) is 1. The van der Waals surface area contributed by atoms with Gasteiger partial charge in [0.2, 0.25) is 0 Å². The van der Waals surface area contributed by atoms with Crippen molar-refractivity contribution in [3.63, 3.8) is 0 Å². The molecule has 0 bridgehead atoms. The fraction of sp³-hybridized carbons (Fsp3) is 0.567. The molecule has 1 fully saturated rings. The SMILES string of the molecule is COc1ccc(S(=O)(=O)Nc2cccc3c2O[C@@H](CN(C)CC2CCCCC2)[C@H](C)CN([C@H](C)CO)C3=O)cc1. The van der Waals surface area contributed by atoms with Gasteiger partial charge in [-0.1, -0.05) is 32.3 Å². The van der Waals surface area contributed by atoms with E-state index >= 15 is 0 Å². The second kappa shape index (κ2) is 13.2. The van der Waals surface area contributed by atoms with E-state index < -0.39 is 16.1 Å². The Labute approximate surface area is 238 Å². The van der Waals surface area contributed by atoms with Gasteiger partial charge in [-0.05, 0) is 69.1 Å². The molecular weight excluding hydrogens is 530 g/mol. The molecule has 1 amide bonds. The van der Waals surface area contributed by atoms with Crippen molar-refractivity contribution in [3.05, 3.63) is 48.0 Å². The van der Waals surface area contributed by atoms with Crippen LogP contribution >= 0.6 is 0 Å². The number of carbonyl (C=O) groups excluding carboxylic acids is 1. The number of aliphatic hydroxyl groups is 1. The summed E-state index contributed by atoms with van der Waals surface area (Å²) in [6, 6.07) is 10.6. The lowest BCUT2D eigenvalue weighted by molar-refractivity contribution is 0.0333. The number of aliphatic hydroxyl groups excluding tert-OH is 1. The Morgan fingerprint density at radius 2 is 1.82 bits per heavy atom. The third kappa shape index (κ3) is 7.08. The van der Waals surface area contributed by atoms with E-state index in [0.29, 0.717) is 24.8 Å². The summed E-state index contributed by atoms with van der Waals surface area (Å²) in [6.07, 6.45) is 6.03. The molecule has 0 saturated heterocycles. The van der Waals surface area contributed by atoms with E-state index in [1.54, 1.807) is 35.2 Å². The second-order valence-electron chi connectivity index (χ2n) is 11.3. The van der Waals surface area contributed by atoms with Crippen LogP contribution in [0.4, 0.5) is 5.69 Å². The summed E-state index contributed by atoms with van der Waals surface area (Å²) in [5, 5.41) is 9.93. The number of likely N-dealkylation sites (N-methyl/N-ethyl adjacent to an activating group) is 1. The highest BCUT2D eigenvalue weighted by Gasteiger charge is 2.35. The number of sulfonamides is 1. The minimum atomic E-state index is -3.98. The van der Waals surface area contributed by atoms with Gasteiger partial charge in [-0.3, -0.25) is 9.52 Å². The topological polar surface area (TPSA) is 108 Å². The Hall–Kier alpha value is -2.82. The first-order chi connectivity index (χ1) is 19.1. The number of hydrogen-bond acceptors (Lipinski definition) is 7. The zero-order valence-corrected chi connectivity index (χ0v) is 24.8. The normalized spacial score (nSPS) is 21.2. The highest BCUT2D eigenvalue weighted by atomic mass is 32.2. The molecule has 1 saturated carbocycles. The van der Waals surface area contributed by atoms with Crippen LogP contribution < -0.4 is 14.2 Å². The van der Waals surface area contributed by atoms with E-state index in [-0.39, 0.29) is 46.4 Å². The summed E-state index contributed by atoms with van der Waals surface area (Å²) in [5.41, 5.74) is 0.467. The lowest BCUT2D eigenvalue weighted by Crippen LogP contribution is -2.50. The predicted octanol–water partition coefficient (Wildman–Crippen LogP) is 4.23. The smallest absolute Gasteiger partial charge is 0.262 e. The van der Waals surface area contributed by atoms with Crippen molar-refractivity contribution >= 4 is 21.6 Å². The van der Waals surface area contributed by atoms with Gasteiger partial charge in [0.25, 0.3) is 15.9 Å². The molecule has 1 heterocycles. The van der Waals surface area contributed by atoms with Crippen molar-refractivity contribution in [2.45, 2.75) is 63.0 Å². The van der Waals surface area contributed by atoms with Gasteiger partial charge >= 0.3 is 0 Å². The van der Waals surface area contributed by atoms with Crippen LogP contribution in [0.5, 0.6) is 11.5 Å². The number of anilines is 1. The summed E-state index contributed by atoms with van der Waals surface area (Å²) in [6.45, 7) is 5.70. The summed E-state index contributed by atoms with van der Waals surface area (Å²) in [5.74, 6) is 1.05. The van der Waals surface area contributed by atoms with Crippen molar-refractivity contribution < 1.29 is 27.8 Å². The predicted molar refractivity (Wildman–Crippen MR) is 155 cm³/mol. The van der Waals surface area contributed by atoms with Gasteiger partial charge in [0.1, 0.15) is 11.9 Å². The van der Waals surface area contributed by atoms with Gasteiger partial charge in [-0.2, -0.15) is 0 Å². The molecule has 0 aromatic heterocycles. The largest absolute Gasteiger partial charge is 0.497 e. The van der Waals surface area contributed by atoms with Crippen LogP contribution in [-0.2, 0) is 10.0 Å². The van der Waals surface area contributed by atoms with E-state index in [1.165, 1.54) is 51.3 Å². The van der Waals surface area contributed by atoms with Crippen molar-refractivity contribution in [2.24, 2.45) is 11.8 Å². The third-order valence-electron chi connectivity index (χ3n) is 8.09. The lowest BCUT2D eigenvalue weighted by Gasteiger charge is -2.39. The van der Waals surface area contributed by atoms with E-state index in [4.69, 9.17) is 9.47 Å². The first kappa shape index (κ1) is 30.1. The van der Waals surface area contributed by atoms with Gasteiger partial charge in [0.05, 0.1) is 35.9 Å². The Morgan fingerprint density at radius 1 is 1.12 bits per heavy atom. The highest BCUT2D eigenvalue weighted by Crippen LogP contribution is 2.36. The van der Waals surface area contributed by atoms with Crippen LogP contribution in [0.2, 0.25) is 0 Å². The maximum Gasteiger partial charge on any atom is 0.262 e. The number of rotatable bonds is 10. The molecule has 2 aliphatic rings. The van der Waals surface area contributed by atoms with Crippen molar-refractivity contribution in [2.75, 3.05) is 45.1 Å². The standard InChI is InChI=1S/C30H43N3O6S/c1-21-17-33(22(2)20-34)30(35)26-11-8-12-27(31-40(36,37)25-15-13-24(38-4)14-16-25)29(26)39-28(21)19-32(3)18-23-9-6-5-7-10-23/h8,11-16,21-23,28,31,34H,5-7,9-10,17-20H2,1-4H3/t21-,22-,28+/m1/s1. The fourth-order valence-electron chi connectivity index (χ4n) is 5.69. The molecule has 10 heteroatoms. The van der Waals surface area contributed by atoms with E-state index in [0.717, 1.165) is 6.54 Å². The minimum absolute atomic E-state index is 0.0637. The Balaban J connectivity index is 1.67. The molecule has 3 atom stereocenters. The van der Waals surface area contributed by atoms with Crippen LogP contribution in [0.15, 0.2) is 47.4 Å². The Bertz CT molecular complexity index is 1250. The van der Waals surface area contributed by atoms with Crippen molar-refractivity contribution in [1.82, 2.24) is 9.80 Å². The van der Waals surface area contributed by atoms with Crippen LogP contribution in [0.25, 0.3) is 0 Å². The number of carbonyl (C=O) groups is 1. The molecule has 2 N–H and O–H groups in total. The molecule has 0 spiro atoms. The van der Waals surface area contributed by atoms with Crippen LogP contribution in [0, 0.1) is 11.8 Å². The molecule has 0 radical (unpaired) electrons. The number of fused-ring (bicyclic) bond motifs is 1. The number of methoxy groups -OCH3 is 1. The van der Waals surface area contributed by atoms with Crippen LogP contribution in [0.1, 0.15) is 56.3 Å². The summed E-state index contributed by atoms with van der Waals surface area (Å²) >= 11 is 0. The molecule has 220 valence electrons. The molecule has 1 aliphatic heterocycles. The first-order valence-electron chi connectivity index (χ1n) is 14.2. The van der Waals surface area contributed by atoms with Gasteiger partial charge < -0.3 is 24.4 Å². The number of hydrogen-bond donors (Lipinski definition) is 2. The lowest BCUT2D eigenvalue weighted by atomic mass is 9.89. The zero-order valence-electron chi connectivity index (χ0n) is 24.0. The molecule has 4 rings (SSSR count). The number of benzene rings is 2. The van der Waals surface area contributed by atoms with E-state index in [1.807, 2.05) is 13.8 Å². The molecule has 40 heavy (non-hydrogen) atoms. The second-order valence-corrected chi connectivity index (χ2v) is 13.0. The summed E-state index contributed by atoms with van der Waals surface area (Å²) in [7, 11) is -0.363. The fourth-order valence-corrected chi connectivity index (χ4v) is 6.75. The van der Waals surface area contributed by atoms with Crippen molar-refractivity contribution in [3.8, 4) is 11.5 Å². The Morgan fingerprint density at radius 3 is 2.48 bits per heavy atom. The zero-order chi connectivity index (χ0) is 28.9. The van der Waals surface area contributed by atoms with E-state index in [9.17, 15) is 18.3 Å². The monoisotopic (exact) mass is 573 g/mol. The van der Waals surface area contributed by atoms with Crippen LogP contribution in [0.3, 0.4) is 0 Å². The maximum absolute atomic E-state index is 13.7. The summed E-state index contributed by atoms with van der Waals surface area (Å²) in [4.78, 5) is 17.7. The molecule has 0 unspecified atom stereocenters. The maximum atomic E-state index is 13.7. The third-order valence-corrected chi connectivity index (χ3v) is 9.47. The summed E-state index contributed by atoms with van der Waals surface area (Å²) < 4.78 is 41.1. The average molecular weight is 574 g/mol. The van der Waals surface area contributed by atoms with Gasteiger partial charge in [0, 0.05) is 25.6 Å². The molecular formula is C30H43N3O6S. The molecule has 1 aliphatic carbocycles. The molecule has 9 nitrogen and oxygen atoms in total. The van der Waals surface area contributed by atoms with Gasteiger partial charge in [-0.15, -0.1) is 0 Å². The van der Waals surface area contributed by atoms with Gasteiger partial charge in [0.15, 0.2) is 5.75 Å². The molecule has 2 aromatic carbocycles. The minimum Gasteiger partial charge on any atom is -0.497 e. The average Bonchev–Trinajstić information content (AvgIpc) is 2.95. The molecule has 2 aromatic rings. The highest BCUT2D eigenvalue weighted by molar-refractivity contribution is 7.92. The van der Waals surface area contributed by atoms with Crippen molar-refractivity contribution in [1.29, 1.82) is 0 Å².